The van der Waals surface area contributed by atoms with Gasteiger partial charge in [-0.3, -0.25) is 0 Å². The Kier molecular flexibility index (Phi) is 4.43. The maximum absolute atomic E-state index is 13.4. The highest BCUT2D eigenvalue weighted by Gasteiger charge is 2.07. The first-order valence-corrected chi connectivity index (χ1v) is 6.61. The first kappa shape index (κ1) is 13.9. The molecule has 0 aliphatic carbocycles. The van der Waals surface area contributed by atoms with Crippen molar-refractivity contribution in [1.82, 2.24) is 0 Å². The van der Waals surface area contributed by atoms with Crippen LogP contribution in [0.2, 0.25) is 5.02 Å². The molecule has 19 heavy (non-hydrogen) atoms. The van der Waals surface area contributed by atoms with E-state index in [4.69, 9.17) is 16.3 Å². The van der Waals surface area contributed by atoms with Gasteiger partial charge in [-0.2, -0.15) is 0 Å². The van der Waals surface area contributed by atoms with E-state index >= 15 is 0 Å². The lowest BCUT2D eigenvalue weighted by atomic mass is 10.0. The summed E-state index contributed by atoms with van der Waals surface area (Å²) in [6, 6.07) is 12.3. The molecular formula is C16H16ClFO. The predicted molar refractivity (Wildman–Crippen MR) is 76.3 cm³/mol. The van der Waals surface area contributed by atoms with E-state index in [2.05, 4.69) is 13.8 Å². The molecule has 2 aromatic carbocycles. The number of rotatable bonds is 4. The average molecular weight is 279 g/mol. The van der Waals surface area contributed by atoms with Crippen LogP contribution in [-0.4, -0.2) is 0 Å². The van der Waals surface area contributed by atoms with Crippen molar-refractivity contribution < 1.29 is 9.13 Å². The zero-order chi connectivity index (χ0) is 13.8. The molecule has 0 heterocycles. The number of hydrogen-bond donors (Lipinski definition) is 0. The molecule has 2 aromatic rings. The Balaban J connectivity index is 2.10. The predicted octanol–water partition coefficient (Wildman–Crippen LogP) is 5.18. The van der Waals surface area contributed by atoms with Gasteiger partial charge in [0.2, 0.25) is 0 Å². The molecule has 0 atom stereocenters. The fourth-order valence-electron chi connectivity index (χ4n) is 1.76. The first-order chi connectivity index (χ1) is 9.08. The third kappa shape index (κ3) is 3.48. The molecule has 0 N–H and O–H groups in total. The molecule has 0 aliphatic rings. The fraction of sp³-hybridized carbons (Fsp3) is 0.250. The molecule has 0 unspecified atom stereocenters. The molecule has 1 nitrogen and oxygen atoms in total. The zero-order valence-corrected chi connectivity index (χ0v) is 11.7. The topological polar surface area (TPSA) is 9.23 Å². The molecule has 2 rings (SSSR count). The van der Waals surface area contributed by atoms with E-state index < -0.39 is 0 Å². The summed E-state index contributed by atoms with van der Waals surface area (Å²) in [7, 11) is 0. The van der Waals surface area contributed by atoms with Gasteiger partial charge in [-0.05, 0) is 29.7 Å². The van der Waals surface area contributed by atoms with E-state index in [0.29, 0.717) is 22.3 Å². The second-order valence-electron chi connectivity index (χ2n) is 4.72. The SMILES string of the molecule is CC(C)c1ccc(OCc2ccccc2F)c(Cl)c1. The van der Waals surface area contributed by atoms with E-state index in [-0.39, 0.29) is 12.4 Å². The van der Waals surface area contributed by atoms with Crippen molar-refractivity contribution in [3.05, 3.63) is 64.4 Å². The number of hydrogen-bond acceptors (Lipinski definition) is 1. The lowest BCUT2D eigenvalue weighted by Crippen LogP contribution is -1.99. The Labute approximate surface area is 118 Å². The van der Waals surface area contributed by atoms with Gasteiger partial charge < -0.3 is 4.74 Å². The van der Waals surface area contributed by atoms with Crippen LogP contribution in [0.3, 0.4) is 0 Å². The van der Waals surface area contributed by atoms with Gasteiger partial charge in [-0.15, -0.1) is 0 Å². The Hall–Kier alpha value is -1.54. The highest BCUT2D eigenvalue weighted by molar-refractivity contribution is 6.32. The quantitative estimate of drug-likeness (QED) is 0.748. The molecular weight excluding hydrogens is 263 g/mol. The van der Waals surface area contributed by atoms with Crippen LogP contribution in [0, 0.1) is 5.82 Å². The fourth-order valence-corrected chi connectivity index (χ4v) is 2.01. The minimum Gasteiger partial charge on any atom is -0.487 e. The summed E-state index contributed by atoms with van der Waals surface area (Å²) in [5, 5.41) is 0.558. The summed E-state index contributed by atoms with van der Waals surface area (Å²) in [5.74, 6) is 0.727. The summed E-state index contributed by atoms with van der Waals surface area (Å²) in [6.07, 6.45) is 0. The zero-order valence-electron chi connectivity index (χ0n) is 11.0. The van der Waals surface area contributed by atoms with Crippen LogP contribution in [0.5, 0.6) is 5.75 Å². The Bertz CT molecular complexity index is 566. The van der Waals surface area contributed by atoms with E-state index in [1.807, 2.05) is 18.2 Å². The Morgan fingerprint density at radius 3 is 2.53 bits per heavy atom. The first-order valence-electron chi connectivity index (χ1n) is 6.23. The van der Waals surface area contributed by atoms with Crippen LogP contribution in [0.25, 0.3) is 0 Å². The monoisotopic (exact) mass is 278 g/mol. The molecule has 0 aliphatic heterocycles. The maximum atomic E-state index is 13.4. The van der Waals surface area contributed by atoms with Crippen molar-refractivity contribution in [3.8, 4) is 5.75 Å². The molecule has 0 radical (unpaired) electrons. The van der Waals surface area contributed by atoms with Crippen LogP contribution >= 0.6 is 11.6 Å². The van der Waals surface area contributed by atoms with Gasteiger partial charge in [0.1, 0.15) is 18.2 Å². The summed E-state index contributed by atoms with van der Waals surface area (Å²) < 4.78 is 19.0. The molecule has 0 aromatic heterocycles. The van der Waals surface area contributed by atoms with Gasteiger partial charge in [-0.25, -0.2) is 4.39 Å². The van der Waals surface area contributed by atoms with Gasteiger partial charge in [0.25, 0.3) is 0 Å². The molecule has 0 saturated heterocycles. The van der Waals surface area contributed by atoms with Crippen LogP contribution in [0.15, 0.2) is 42.5 Å². The van der Waals surface area contributed by atoms with Crippen LogP contribution in [-0.2, 0) is 6.61 Å². The molecule has 0 fully saturated rings. The van der Waals surface area contributed by atoms with Crippen LogP contribution < -0.4 is 4.74 Å². The number of halogens is 2. The van der Waals surface area contributed by atoms with Crippen LogP contribution in [0.4, 0.5) is 4.39 Å². The normalized spacial score (nSPS) is 10.8. The van der Waals surface area contributed by atoms with E-state index in [0.717, 1.165) is 5.56 Å². The Morgan fingerprint density at radius 1 is 1.16 bits per heavy atom. The van der Waals surface area contributed by atoms with Crippen molar-refractivity contribution in [2.75, 3.05) is 0 Å². The van der Waals surface area contributed by atoms with Crippen molar-refractivity contribution >= 4 is 11.6 Å². The minimum absolute atomic E-state index is 0.174. The molecule has 0 bridgehead atoms. The highest BCUT2D eigenvalue weighted by atomic mass is 35.5. The number of ether oxygens (including phenoxy) is 1. The molecule has 0 saturated carbocycles. The van der Waals surface area contributed by atoms with Gasteiger partial charge in [0.05, 0.1) is 5.02 Å². The van der Waals surface area contributed by atoms with Crippen molar-refractivity contribution in [2.24, 2.45) is 0 Å². The maximum Gasteiger partial charge on any atom is 0.138 e. The second-order valence-corrected chi connectivity index (χ2v) is 5.13. The third-order valence-corrected chi connectivity index (χ3v) is 3.26. The highest BCUT2D eigenvalue weighted by Crippen LogP contribution is 2.29. The van der Waals surface area contributed by atoms with Gasteiger partial charge in [0.15, 0.2) is 0 Å². The number of benzene rings is 2. The van der Waals surface area contributed by atoms with Gasteiger partial charge >= 0.3 is 0 Å². The average Bonchev–Trinajstić information content (AvgIpc) is 2.39. The van der Waals surface area contributed by atoms with E-state index in [9.17, 15) is 4.39 Å². The summed E-state index contributed by atoms with van der Waals surface area (Å²) in [6.45, 7) is 4.38. The lowest BCUT2D eigenvalue weighted by molar-refractivity contribution is 0.300. The van der Waals surface area contributed by atoms with Gasteiger partial charge in [0, 0.05) is 5.56 Å². The molecule has 3 heteroatoms. The van der Waals surface area contributed by atoms with Crippen molar-refractivity contribution in [3.63, 3.8) is 0 Å². The summed E-state index contributed by atoms with van der Waals surface area (Å²) in [5.41, 5.74) is 1.68. The standard InChI is InChI=1S/C16H16ClFO/c1-11(2)12-7-8-16(14(17)9-12)19-10-13-5-3-4-6-15(13)18/h3-9,11H,10H2,1-2H3. The van der Waals surface area contributed by atoms with E-state index in [1.54, 1.807) is 18.2 Å². The van der Waals surface area contributed by atoms with Crippen LogP contribution in [0.1, 0.15) is 30.9 Å². The second kappa shape index (κ2) is 6.07. The minimum atomic E-state index is -0.266. The molecule has 0 spiro atoms. The van der Waals surface area contributed by atoms with E-state index in [1.165, 1.54) is 6.07 Å². The van der Waals surface area contributed by atoms with Crippen molar-refractivity contribution in [2.45, 2.75) is 26.4 Å². The smallest absolute Gasteiger partial charge is 0.138 e. The lowest BCUT2D eigenvalue weighted by Gasteiger charge is -2.11. The summed E-state index contributed by atoms with van der Waals surface area (Å²) in [4.78, 5) is 0. The largest absolute Gasteiger partial charge is 0.487 e. The molecule has 100 valence electrons. The van der Waals surface area contributed by atoms with Gasteiger partial charge in [-0.1, -0.05) is 49.7 Å². The molecule has 0 amide bonds. The summed E-state index contributed by atoms with van der Waals surface area (Å²) >= 11 is 6.16. The Morgan fingerprint density at radius 2 is 1.89 bits per heavy atom. The third-order valence-electron chi connectivity index (χ3n) is 2.96. The van der Waals surface area contributed by atoms with Crippen molar-refractivity contribution in [1.29, 1.82) is 0 Å².